The molecule has 1 unspecified atom stereocenters. The number of benzene rings is 1. The molecule has 0 amide bonds. The van der Waals surface area contributed by atoms with E-state index in [4.69, 9.17) is 16.3 Å². The van der Waals surface area contributed by atoms with Crippen molar-refractivity contribution in [1.29, 1.82) is 0 Å². The van der Waals surface area contributed by atoms with Crippen molar-refractivity contribution in [1.82, 2.24) is 5.32 Å². The monoisotopic (exact) mass is 318 g/mol. The lowest BCUT2D eigenvalue weighted by atomic mass is 10.2. The van der Waals surface area contributed by atoms with Gasteiger partial charge in [-0.05, 0) is 47.4 Å². The van der Waals surface area contributed by atoms with Gasteiger partial charge in [0.2, 0.25) is 0 Å². The number of anilines is 1. The van der Waals surface area contributed by atoms with Gasteiger partial charge in [0.25, 0.3) is 0 Å². The molecule has 1 saturated heterocycles. The van der Waals surface area contributed by atoms with Crippen molar-refractivity contribution < 1.29 is 4.74 Å². The number of nitrogens with one attached hydrogen (secondary N) is 2. The maximum Gasteiger partial charge on any atom is 0.156 e. The number of halogens is 2. The zero-order valence-electron chi connectivity index (χ0n) is 9.72. The van der Waals surface area contributed by atoms with Crippen molar-refractivity contribution >= 4 is 33.2 Å². The zero-order chi connectivity index (χ0) is 12.3. The second-order valence-corrected chi connectivity index (χ2v) is 5.43. The van der Waals surface area contributed by atoms with Gasteiger partial charge >= 0.3 is 0 Å². The molecule has 94 valence electrons. The Kier molecular flexibility index (Phi) is 4.54. The van der Waals surface area contributed by atoms with Crippen LogP contribution in [0.5, 0.6) is 5.75 Å². The van der Waals surface area contributed by atoms with Crippen molar-refractivity contribution in [3.63, 3.8) is 0 Å². The highest BCUT2D eigenvalue weighted by Gasteiger charge is 2.15. The number of hydrogen-bond donors (Lipinski definition) is 2. The van der Waals surface area contributed by atoms with E-state index >= 15 is 0 Å². The highest BCUT2D eigenvalue weighted by molar-refractivity contribution is 9.10. The van der Waals surface area contributed by atoms with Gasteiger partial charge in [-0.2, -0.15) is 0 Å². The molecule has 1 heterocycles. The molecule has 2 rings (SSSR count). The second kappa shape index (κ2) is 5.94. The predicted octanol–water partition coefficient (Wildman–Crippen LogP) is 3.28. The van der Waals surface area contributed by atoms with Gasteiger partial charge in [0.1, 0.15) is 0 Å². The molecule has 1 aromatic rings. The maximum absolute atomic E-state index is 6.03. The van der Waals surface area contributed by atoms with E-state index in [-0.39, 0.29) is 0 Å². The van der Waals surface area contributed by atoms with E-state index in [1.54, 1.807) is 7.11 Å². The van der Waals surface area contributed by atoms with Gasteiger partial charge in [0.05, 0.1) is 17.3 Å². The molecule has 0 aromatic heterocycles. The summed E-state index contributed by atoms with van der Waals surface area (Å²) >= 11 is 9.48. The maximum atomic E-state index is 6.03. The van der Waals surface area contributed by atoms with Crippen molar-refractivity contribution in [3.05, 3.63) is 21.6 Å². The van der Waals surface area contributed by atoms with E-state index in [1.807, 2.05) is 12.1 Å². The Morgan fingerprint density at radius 1 is 1.59 bits per heavy atom. The van der Waals surface area contributed by atoms with E-state index in [0.29, 0.717) is 11.1 Å². The molecule has 0 bridgehead atoms. The predicted molar refractivity (Wildman–Crippen MR) is 75.2 cm³/mol. The quantitative estimate of drug-likeness (QED) is 0.893. The van der Waals surface area contributed by atoms with Gasteiger partial charge in [-0.1, -0.05) is 11.6 Å². The van der Waals surface area contributed by atoms with Crippen LogP contribution in [0.25, 0.3) is 0 Å². The van der Waals surface area contributed by atoms with Crippen LogP contribution < -0.4 is 15.4 Å². The summed E-state index contributed by atoms with van der Waals surface area (Å²) in [6.45, 7) is 2.01. The van der Waals surface area contributed by atoms with E-state index in [1.165, 1.54) is 12.8 Å². The van der Waals surface area contributed by atoms with Crippen molar-refractivity contribution in [3.8, 4) is 5.75 Å². The Morgan fingerprint density at radius 2 is 2.41 bits per heavy atom. The van der Waals surface area contributed by atoms with E-state index in [0.717, 1.165) is 29.0 Å². The number of ether oxygens (including phenoxy) is 1. The topological polar surface area (TPSA) is 33.3 Å². The SMILES string of the molecule is COc1c(Br)cc(Cl)cc1NCC1CCCN1. The Hall–Kier alpha value is -0.450. The van der Waals surface area contributed by atoms with Gasteiger partial charge in [-0.25, -0.2) is 0 Å². The molecule has 0 radical (unpaired) electrons. The van der Waals surface area contributed by atoms with Crippen molar-refractivity contribution in [2.24, 2.45) is 0 Å². The second-order valence-electron chi connectivity index (χ2n) is 4.14. The van der Waals surface area contributed by atoms with Crippen LogP contribution >= 0.6 is 27.5 Å². The fraction of sp³-hybridized carbons (Fsp3) is 0.500. The minimum absolute atomic E-state index is 0.539. The first-order chi connectivity index (χ1) is 8.20. The number of methoxy groups -OCH3 is 1. The van der Waals surface area contributed by atoms with E-state index < -0.39 is 0 Å². The number of hydrogen-bond acceptors (Lipinski definition) is 3. The highest BCUT2D eigenvalue weighted by Crippen LogP contribution is 2.36. The Balaban J connectivity index is 2.07. The first kappa shape index (κ1) is 13.0. The summed E-state index contributed by atoms with van der Waals surface area (Å²) < 4.78 is 6.23. The molecular formula is C12H16BrClN2O. The van der Waals surface area contributed by atoms with Crippen LogP contribution in [0.4, 0.5) is 5.69 Å². The molecule has 1 atom stereocenters. The van der Waals surface area contributed by atoms with Crippen LogP contribution in [0.2, 0.25) is 5.02 Å². The molecule has 17 heavy (non-hydrogen) atoms. The lowest BCUT2D eigenvalue weighted by Gasteiger charge is -2.16. The van der Waals surface area contributed by atoms with E-state index in [2.05, 4.69) is 26.6 Å². The summed E-state index contributed by atoms with van der Waals surface area (Å²) in [6.07, 6.45) is 2.47. The molecule has 0 saturated carbocycles. The lowest BCUT2D eigenvalue weighted by Crippen LogP contribution is -2.29. The van der Waals surface area contributed by atoms with Crippen LogP contribution in [-0.4, -0.2) is 26.2 Å². The van der Waals surface area contributed by atoms with Gasteiger partial charge < -0.3 is 15.4 Å². The largest absolute Gasteiger partial charge is 0.493 e. The fourth-order valence-electron chi connectivity index (χ4n) is 2.06. The molecule has 2 N–H and O–H groups in total. The first-order valence-corrected chi connectivity index (χ1v) is 6.88. The fourth-order valence-corrected chi connectivity index (χ4v) is 3.04. The Labute approximate surface area is 115 Å². The molecule has 1 fully saturated rings. The summed E-state index contributed by atoms with van der Waals surface area (Å²) in [5.74, 6) is 0.799. The first-order valence-electron chi connectivity index (χ1n) is 5.71. The summed E-state index contributed by atoms with van der Waals surface area (Å²) in [6, 6.07) is 4.26. The summed E-state index contributed by atoms with van der Waals surface area (Å²) in [4.78, 5) is 0. The standard InChI is InChI=1S/C12H16BrClN2O/c1-17-12-10(13)5-8(14)6-11(12)16-7-9-3-2-4-15-9/h5-6,9,15-16H,2-4,7H2,1H3. The summed E-state index contributed by atoms with van der Waals surface area (Å²) in [7, 11) is 1.66. The van der Waals surface area contributed by atoms with Gasteiger partial charge in [0, 0.05) is 17.6 Å². The van der Waals surface area contributed by atoms with Crippen LogP contribution in [0.1, 0.15) is 12.8 Å². The van der Waals surface area contributed by atoms with E-state index in [9.17, 15) is 0 Å². The summed E-state index contributed by atoms with van der Waals surface area (Å²) in [5.41, 5.74) is 0.931. The minimum atomic E-state index is 0.539. The van der Waals surface area contributed by atoms with Crippen LogP contribution in [0, 0.1) is 0 Å². The average molecular weight is 320 g/mol. The third-order valence-electron chi connectivity index (χ3n) is 2.91. The van der Waals surface area contributed by atoms with Gasteiger partial charge in [-0.15, -0.1) is 0 Å². The van der Waals surface area contributed by atoms with Crippen molar-refractivity contribution in [2.75, 3.05) is 25.5 Å². The molecule has 1 aliphatic heterocycles. The molecule has 1 aliphatic rings. The Bertz CT molecular complexity index is 394. The summed E-state index contributed by atoms with van der Waals surface area (Å²) in [5, 5.41) is 7.53. The molecular weight excluding hydrogens is 304 g/mol. The zero-order valence-corrected chi connectivity index (χ0v) is 12.1. The van der Waals surface area contributed by atoms with Crippen LogP contribution in [0.15, 0.2) is 16.6 Å². The minimum Gasteiger partial charge on any atom is -0.493 e. The highest BCUT2D eigenvalue weighted by atomic mass is 79.9. The Morgan fingerprint density at radius 3 is 3.06 bits per heavy atom. The molecule has 3 nitrogen and oxygen atoms in total. The normalized spacial score (nSPS) is 19.4. The molecule has 0 spiro atoms. The third kappa shape index (κ3) is 3.27. The van der Waals surface area contributed by atoms with Crippen LogP contribution in [-0.2, 0) is 0 Å². The molecule has 5 heteroatoms. The van der Waals surface area contributed by atoms with Gasteiger partial charge in [-0.3, -0.25) is 0 Å². The molecule has 0 aliphatic carbocycles. The number of rotatable bonds is 4. The molecule has 1 aromatic carbocycles. The smallest absolute Gasteiger partial charge is 0.156 e. The average Bonchev–Trinajstić information content (AvgIpc) is 2.78. The van der Waals surface area contributed by atoms with Crippen molar-refractivity contribution in [2.45, 2.75) is 18.9 Å². The lowest BCUT2D eigenvalue weighted by molar-refractivity contribution is 0.413. The van der Waals surface area contributed by atoms with Gasteiger partial charge in [0.15, 0.2) is 5.75 Å². The van der Waals surface area contributed by atoms with Crippen LogP contribution in [0.3, 0.4) is 0 Å². The third-order valence-corrected chi connectivity index (χ3v) is 3.72.